The Bertz CT molecular complexity index is 1870. The van der Waals surface area contributed by atoms with Gasteiger partial charge in [0.25, 0.3) is 5.91 Å². The van der Waals surface area contributed by atoms with Crippen LogP contribution in [0.4, 0.5) is 10.2 Å². The van der Waals surface area contributed by atoms with Crippen molar-refractivity contribution >= 4 is 17.8 Å². The molecule has 1 fully saturated rings. The number of rotatable bonds is 11. The lowest BCUT2D eigenvalue weighted by molar-refractivity contribution is -0.124. The molecular formula is C38H40FN5O5. The second-order valence-corrected chi connectivity index (χ2v) is 12.8. The number of hydrogen-bond acceptors (Lipinski definition) is 9. The fourth-order valence-electron chi connectivity index (χ4n) is 5.85. The lowest BCUT2D eigenvalue weighted by Crippen LogP contribution is -2.42. The smallest absolute Gasteiger partial charge is 0.267 e. The van der Waals surface area contributed by atoms with E-state index < -0.39 is 17.3 Å². The molecule has 1 aromatic heterocycles. The summed E-state index contributed by atoms with van der Waals surface area (Å²) >= 11 is 0. The number of aromatic hydroxyl groups is 1. The zero-order valence-electron chi connectivity index (χ0n) is 27.7. The highest BCUT2D eigenvalue weighted by molar-refractivity contribution is 5.91. The molecule has 0 aliphatic carbocycles. The molecule has 1 aliphatic rings. The highest BCUT2D eigenvalue weighted by Gasteiger charge is 2.25. The van der Waals surface area contributed by atoms with Crippen molar-refractivity contribution in [2.75, 3.05) is 24.6 Å². The summed E-state index contributed by atoms with van der Waals surface area (Å²) in [7, 11) is 0. The van der Waals surface area contributed by atoms with E-state index in [4.69, 9.17) is 14.9 Å². The number of hydrogen-bond donors (Lipinski definition) is 5. The van der Waals surface area contributed by atoms with Crippen LogP contribution >= 0.6 is 0 Å². The SMILES string of the molecule is Cc1c(N2CCC(NCc3ccc(/C=C/C(=O)NO)cc3)CC2)ncc(-c2ccc(OCC(C)(C)O)c(O)c2)c1-c1ccc(C#N)c(F)c1. The van der Waals surface area contributed by atoms with Gasteiger partial charge in [-0.15, -0.1) is 0 Å². The maximum absolute atomic E-state index is 14.9. The number of carbonyl (C=O) groups excluding carboxylic acids is 1. The maximum atomic E-state index is 14.9. The lowest BCUT2D eigenvalue weighted by Gasteiger charge is -2.35. The van der Waals surface area contributed by atoms with Crippen LogP contribution in [0.1, 0.15) is 48.9 Å². The van der Waals surface area contributed by atoms with Gasteiger partial charge in [-0.3, -0.25) is 10.0 Å². The molecule has 4 aromatic rings. The number of halogens is 1. The highest BCUT2D eigenvalue weighted by atomic mass is 19.1. The standard InChI is InChI=1S/C38H40FN5O5/c1-24-36(28-9-10-29(20-40)32(39)18-28)31(27-11-12-34(33(45)19-27)49-23-38(2,3)47)22-42-37(24)44-16-14-30(15-17-44)41-21-26-6-4-25(5-7-26)8-13-35(46)43-48/h4-13,18-19,22,30,41,45,47-48H,14-17,21,23H2,1-3H3,(H,43,46)/b13-8+. The van der Waals surface area contributed by atoms with E-state index in [1.165, 1.54) is 18.2 Å². The van der Waals surface area contributed by atoms with Crippen molar-refractivity contribution in [3.05, 3.63) is 101 Å². The molecule has 1 amide bonds. The van der Waals surface area contributed by atoms with Crippen LogP contribution in [-0.4, -0.2) is 57.7 Å². The number of aliphatic hydroxyl groups is 1. The Labute approximate surface area is 285 Å². The number of nitrogens with one attached hydrogen (secondary N) is 2. The average molecular weight is 666 g/mol. The Kier molecular flexibility index (Phi) is 10.9. The van der Waals surface area contributed by atoms with Crippen LogP contribution in [-0.2, 0) is 11.3 Å². The number of aromatic nitrogens is 1. The molecule has 1 saturated heterocycles. The largest absolute Gasteiger partial charge is 0.504 e. The fraction of sp³-hybridized carbons (Fsp3) is 0.289. The first-order valence-corrected chi connectivity index (χ1v) is 16.0. The number of phenols is 1. The Hall–Kier alpha value is -5.28. The van der Waals surface area contributed by atoms with Crippen LogP contribution in [0.5, 0.6) is 11.5 Å². The number of ether oxygens (including phenoxy) is 1. The third-order valence-corrected chi connectivity index (χ3v) is 8.43. The number of anilines is 1. The zero-order valence-corrected chi connectivity index (χ0v) is 27.7. The molecule has 11 heteroatoms. The molecule has 3 aromatic carbocycles. The van der Waals surface area contributed by atoms with E-state index in [0.29, 0.717) is 29.3 Å². The summed E-state index contributed by atoms with van der Waals surface area (Å²) in [5.74, 6) is -0.286. The number of carbonyl (C=O) groups is 1. The molecule has 10 nitrogen and oxygen atoms in total. The summed E-state index contributed by atoms with van der Waals surface area (Å²) in [4.78, 5) is 18.3. The monoisotopic (exact) mass is 665 g/mol. The molecule has 0 spiro atoms. The molecular weight excluding hydrogens is 625 g/mol. The number of benzene rings is 3. The predicted octanol–water partition coefficient (Wildman–Crippen LogP) is 5.87. The summed E-state index contributed by atoms with van der Waals surface area (Å²) in [6, 6.07) is 19.5. The van der Waals surface area contributed by atoms with Gasteiger partial charge >= 0.3 is 0 Å². The predicted molar refractivity (Wildman–Crippen MR) is 185 cm³/mol. The van der Waals surface area contributed by atoms with Crippen molar-refractivity contribution in [1.82, 2.24) is 15.8 Å². The van der Waals surface area contributed by atoms with E-state index in [2.05, 4.69) is 10.2 Å². The van der Waals surface area contributed by atoms with Crippen LogP contribution in [0, 0.1) is 24.1 Å². The summed E-state index contributed by atoms with van der Waals surface area (Å²) in [6.45, 7) is 7.40. The molecule has 1 aliphatic heterocycles. The molecule has 0 bridgehead atoms. The van der Waals surface area contributed by atoms with Gasteiger partial charge in [0.1, 0.15) is 24.3 Å². The fourth-order valence-corrected chi connectivity index (χ4v) is 5.85. The number of nitrogens with zero attached hydrogens (tertiary/aromatic N) is 3. The van der Waals surface area contributed by atoms with Crippen molar-refractivity contribution < 1.29 is 29.3 Å². The van der Waals surface area contributed by atoms with E-state index in [9.17, 15) is 24.7 Å². The van der Waals surface area contributed by atoms with Gasteiger partial charge in [-0.05, 0) is 91.8 Å². The van der Waals surface area contributed by atoms with Crippen LogP contribution in [0.3, 0.4) is 0 Å². The Balaban J connectivity index is 1.34. The van der Waals surface area contributed by atoms with Gasteiger partial charge in [0.05, 0.1) is 11.2 Å². The zero-order chi connectivity index (χ0) is 35.1. The van der Waals surface area contributed by atoms with E-state index in [1.54, 1.807) is 55.9 Å². The minimum absolute atomic E-state index is 0.00277. The maximum Gasteiger partial charge on any atom is 0.267 e. The minimum atomic E-state index is -1.08. The molecule has 0 unspecified atom stereocenters. The summed E-state index contributed by atoms with van der Waals surface area (Å²) < 4.78 is 20.5. The molecule has 5 N–H and O–H groups in total. The number of phenolic OH excluding ortho intramolecular Hbond substituents is 1. The number of piperidine rings is 1. The highest BCUT2D eigenvalue weighted by Crippen LogP contribution is 2.41. The quantitative estimate of drug-likeness (QED) is 0.0753. The van der Waals surface area contributed by atoms with Gasteiger partial charge in [0.15, 0.2) is 11.5 Å². The van der Waals surface area contributed by atoms with E-state index in [1.807, 2.05) is 37.3 Å². The summed E-state index contributed by atoms with van der Waals surface area (Å²) in [6.07, 6.45) is 6.40. The third-order valence-electron chi connectivity index (χ3n) is 8.43. The minimum Gasteiger partial charge on any atom is -0.504 e. The first-order chi connectivity index (χ1) is 23.5. The van der Waals surface area contributed by atoms with Crippen LogP contribution in [0.25, 0.3) is 28.3 Å². The van der Waals surface area contributed by atoms with Crippen molar-refractivity contribution in [2.45, 2.75) is 51.8 Å². The second-order valence-electron chi connectivity index (χ2n) is 12.8. The number of pyridine rings is 1. The lowest BCUT2D eigenvalue weighted by atomic mass is 9.91. The first-order valence-electron chi connectivity index (χ1n) is 16.0. The Morgan fingerprint density at radius 1 is 1.12 bits per heavy atom. The molecule has 5 rings (SSSR count). The van der Waals surface area contributed by atoms with Crippen molar-refractivity contribution in [3.8, 4) is 39.8 Å². The van der Waals surface area contributed by atoms with Gasteiger partial charge in [-0.25, -0.2) is 14.9 Å². The van der Waals surface area contributed by atoms with E-state index in [0.717, 1.165) is 54.0 Å². The summed E-state index contributed by atoms with van der Waals surface area (Å²) in [5.41, 5.74) is 5.93. The average Bonchev–Trinajstić information content (AvgIpc) is 3.09. The molecule has 254 valence electrons. The van der Waals surface area contributed by atoms with Gasteiger partial charge in [0.2, 0.25) is 0 Å². The molecule has 0 atom stereocenters. The Morgan fingerprint density at radius 3 is 2.47 bits per heavy atom. The van der Waals surface area contributed by atoms with Gasteiger partial charge in [-0.1, -0.05) is 36.4 Å². The van der Waals surface area contributed by atoms with Crippen molar-refractivity contribution in [2.24, 2.45) is 0 Å². The van der Waals surface area contributed by atoms with E-state index in [-0.39, 0.29) is 23.7 Å². The van der Waals surface area contributed by atoms with Crippen molar-refractivity contribution in [1.29, 1.82) is 5.26 Å². The normalized spacial score (nSPS) is 13.8. The first kappa shape index (κ1) is 35.0. The molecule has 49 heavy (non-hydrogen) atoms. The van der Waals surface area contributed by atoms with Crippen LogP contribution < -0.4 is 20.4 Å². The van der Waals surface area contributed by atoms with Gasteiger partial charge in [0, 0.05) is 49.1 Å². The topological polar surface area (TPSA) is 151 Å². The van der Waals surface area contributed by atoms with Crippen LogP contribution in [0.15, 0.2) is 72.9 Å². The molecule has 2 heterocycles. The number of amides is 1. The molecule has 0 saturated carbocycles. The summed E-state index contributed by atoms with van der Waals surface area (Å²) in [5, 5.41) is 42.4. The number of nitriles is 1. The van der Waals surface area contributed by atoms with Gasteiger partial charge in [-0.2, -0.15) is 5.26 Å². The third kappa shape index (κ3) is 8.80. The van der Waals surface area contributed by atoms with E-state index >= 15 is 0 Å². The van der Waals surface area contributed by atoms with Gasteiger partial charge < -0.3 is 25.2 Å². The molecule has 0 radical (unpaired) electrons. The number of hydroxylamine groups is 1. The van der Waals surface area contributed by atoms with Crippen LogP contribution in [0.2, 0.25) is 0 Å². The Morgan fingerprint density at radius 2 is 1.84 bits per heavy atom. The van der Waals surface area contributed by atoms with Crippen molar-refractivity contribution in [3.63, 3.8) is 0 Å². The second kappa shape index (κ2) is 15.3.